The Hall–Kier alpha value is -2.99. The van der Waals surface area contributed by atoms with Crippen LogP contribution in [0.15, 0.2) is 53.9 Å². The molecule has 27 heavy (non-hydrogen) atoms. The van der Waals surface area contributed by atoms with E-state index in [-0.39, 0.29) is 5.91 Å². The highest BCUT2D eigenvalue weighted by atomic mass is 32.1. The molecule has 0 aliphatic carbocycles. The zero-order chi connectivity index (χ0) is 19.4. The molecule has 1 aromatic heterocycles. The van der Waals surface area contributed by atoms with E-state index in [1.807, 2.05) is 43.3 Å². The van der Waals surface area contributed by atoms with Crippen molar-refractivity contribution in [3.05, 3.63) is 70.7 Å². The quantitative estimate of drug-likeness (QED) is 0.633. The van der Waals surface area contributed by atoms with Crippen molar-refractivity contribution < 1.29 is 14.3 Å². The first-order valence-electron chi connectivity index (χ1n) is 8.53. The molecule has 3 aromatic rings. The third-order valence-corrected chi connectivity index (χ3v) is 4.86. The minimum absolute atomic E-state index is 0.150. The van der Waals surface area contributed by atoms with Gasteiger partial charge in [-0.15, -0.1) is 11.3 Å². The van der Waals surface area contributed by atoms with Gasteiger partial charge in [0.15, 0.2) is 5.69 Å². The van der Waals surface area contributed by atoms with Gasteiger partial charge in [0.25, 0.3) is 0 Å². The fourth-order valence-electron chi connectivity index (χ4n) is 2.56. The van der Waals surface area contributed by atoms with Crippen LogP contribution in [0.25, 0.3) is 10.6 Å². The molecule has 138 valence electrons. The molecule has 5 nitrogen and oxygen atoms in total. The van der Waals surface area contributed by atoms with Crippen LogP contribution >= 0.6 is 11.3 Å². The monoisotopic (exact) mass is 380 g/mol. The fourth-order valence-corrected chi connectivity index (χ4v) is 3.35. The highest BCUT2D eigenvalue weighted by molar-refractivity contribution is 7.13. The van der Waals surface area contributed by atoms with Crippen molar-refractivity contribution in [1.82, 2.24) is 4.98 Å². The summed E-state index contributed by atoms with van der Waals surface area (Å²) in [6.45, 7) is 5.26. The number of rotatable bonds is 5. The second-order valence-electron chi connectivity index (χ2n) is 6.26. The molecule has 0 aliphatic rings. The number of nitrogens with one attached hydrogen (secondary N) is 1. The molecule has 1 N–H and O–H groups in total. The largest absolute Gasteiger partial charge is 0.453 e. The van der Waals surface area contributed by atoms with Gasteiger partial charge < -0.3 is 10.1 Å². The van der Waals surface area contributed by atoms with Crippen molar-refractivity contribution in [2.75, 3.05) is 5.32 Å². The van der Waals surface area contributed by atoms with Gasteiger partial charge in [0.1, 0.15) is 11.1 Å². The number of nitrogens with zero attached hydrogens (tertiary/aromatic N) is 1. The molecule has 0 fully saturated rings. The van der Waals surface area contributed by atoms with E-state index in [0.717, 1.165) is 16.1 Å². The number of hydrogen-bond acceptors (Lipinski definition) is 5. The van der Waals surface area contributed by atoms with Crippen LogP contribution in [0.3, 0.4) is 0 Å². The van der Waals surface area contributed by atoms with Gasteiger partial charge in [0.2, 0.25) is 5.91 Å². The molecule has 0 saturated carbocycles. The van der Waals surface area contributed by atoms with E-state index in [2.05, 4.69) is 10.3 Å². The van der Waals surface area contributed by atoms with Crippen molar-refractivity contribution in [1.29, 1.82) is 0 Å². The summed E-state index contributed by atoms with van der Waals surface area (Å²) in [5.41, 5.74) is 3.90. The van der Waals surface area contributed by atoms with Crippen LogP contribution in [0.5, 0.6) is 0 Å². The van der Waals surface area contributed by atoms with Gasteiger partial charge in [0, 0.05) is 23.6 Å². The predicted octanol–water partition coefficient (Wildman–Crippen LogP) is 4.99. The molecular formula is C21H20N2O3S. The minimum atomic E-state index is -0.470. The summed E-state index contributed by atoms with van der Waals surface area (Å²) >= 11 is 1.41. The lowest BCUT2D eigenvalue weighted by molar-refractivity contribution is -0.114. The Morgan fingerprint density at radius 2 is 1.89 bits per heavy atom. The topological polar surface area (TPSA) is 68.3 Å². The number of thiazole rings is 1. The van der Waals surface area contributed by atoms with Crippen molar-refractivity contribution >= 4 is 28.9 Å². The maximum absolute atomic E-state index is 12.4. The number of hydrogen-bond donors (Lipinski definition) is 1. The number of carbonyl (C=O) groups is 2. The van der Waals surface area contributed by atoms with Crippen molar-refractivity contribution in [2.24, 2.45) is 0 Å². The fraction of sp³-hybridized carbons (Fsp3) is 0.190. The lowest BCUT2D eigenvalue weighted by Gasteiger charge is -2.14. The lowest BCUT2D eigenvalue weighted by atomic mass is 10.1. The number of benzene rings is 2. The zero-order valence-corrected chi connectivity index (χ0v) is 16.2. The Kier molecular flexibility index (Phi) is 5.66. The lowest BCUT2D eigenvalue weighted by Crippen LogP contribution is -2.11. The molecule has 1 unspecified atom stereocenters. The van der Waals surface area contributed by atoms with Gasteiger partial charge in [-0.1, -0.05) is 42.0 Å². The van der Waals surface area contributed by atoms with E-state index >= 15 is 0 Å². The third-order valence-electron chi connectivity index (χ3n) is 3.97. The molecule has 0 aliphatic heterocycles. The predicted molar refractivity (Wildman–Crippen MR) is 107 cm³/mol. The summed E-state index contributed by atoms with van der Waals surface area (Å²) in [4.78, 5) is 28.0. The van der Waals surface area contributed by atoms with Crippen LogP contribution in [0.1, 0.15) is 41.6 Å². The van der Waals surface area contributed by atoms with E-state index in [4.69, 9.17) is 4.74 Å². The van der Waals surface area contributed by atoms with Crippen LogP contribution in [-0.4, -0.2) is 16.9 Å². The van der Waals surface area contributed by atoms with E-state index in [0.29, 0.717) is 11.4 Å². The molecule has 6 heteroatoms. The minimum Gasteiger partial charge on any atom is -0.453 e. The molecule has 0 radical (unpaired) electrons. The summed E-state index contributed by atoms with van der Waals surface area (Å²) in [5.74, 6) is -0.620. The van der Waals surface area contributed by atoms with Crippen molar-refractivity contribution in [3.8, 4) is 10.6 Å². The second-order valence-corrected chi connectivity index (χ2v) is 7.12. The maximum Gasteiger partial charge on any atom is 0.358 e. The maximum atomic E-state index is 12.4. The van der Waals surface area contributed by atoms with E-state index in [1.165, 1.54) is 23.8 Å². The number of carbonyl (C=O) groups excluding carboxylic acids is 2. The average Bonchev–Trinajstić information content (AvgIpc) is 3.12. The molecule has 3 rings (SSSR count). The number of anilines is 1. The van der Waals surface area contributed by atoms with Gasteiger partial charge in [0.05, 0.1) is 0 Å². The third kappa shape index (κ3) is 4.80. The highest BCUT2D eigenvalue weighted by Gasteiger charge is 2.17. The van der Waals surface area contributed by atoms with E-state index in [9.17, 15) is 9.59 Å². The molecule has 1 amide bonds. The Morgan fingerprint density at radius 3 is 2.59 bits per heavy atom. The Bertz CT molecular complexity index is 964. The van der Waals surface area contributed by atoms with Crippen molar-refractivity contribution in [3.63, 3.8) is 0 Å². The first-order valence-corrected chi connectivity index (χ1v) is 9.41. The number of amides is 1. The van der Waals surface area contributed by atoms with Gasteiger partial charge in [-0.25, -0.2) is 9.78 Å². The van der Waals surface area contributed by atoms with Gasteiger partial charge in [-0.05, 0) is 31.5 Å². The molecule has 1 atom stereocenters. The summed E-state index contributed by atoms with van der Waals surface area (Å²) in [5, 5.41) is 5.21. The van der Waals surface area contributed by atoms with Gasteiger partial charge >= 0.3 is 5.97 Å². The number of esters is 1. The smallest absolute Gasteiger partial charge is 0.358 e. The van der Waals surface area contributed by atoms with Crippen LogP contribution < -0.4 is 5.32 Å². The van der Waals surface area contributed by atoms with Crippen LogP contribution in [0, 0.1) is 6.92 Å². The van der Waals surface area contributed by atoms with Crippen LogP contribution in [0.2, 0.25) is 0 Å². The molecule has 0 saturated heterocycles. The van der Waals surface area contributed by atoms with Crippen LogP contribution in [0.4, 0.5) is 5.69 Å². The highest BCUT2D eigenvalue weighted by Crippen LogP contribution is 2.26. The molecule has 0 bridgehead atoms. The van der Waals surface area contributed by atoms with Gasteiger partial charge in [-0.3, -0.25) is 4.79 Å². The second kappa shape index (κ2) is 8.14. The number of aryl methyl sites for hydroxylation is 1. The SMILES string of the molecule is CC(=O)Nc1cccc(C(C)OC(=O)c2csc(-c3ccc(C)cc3)n2)c1. The molecule has 1 heterocycles. The van der Waals surface area contributed by atoms with Crippen LogP contribution in [-0.2, 0) is 9.53 Å². The number of aromatic nitrogens is 1. The standard InChI is InChI=1S/C21H20N2O3S/c1-13-7-9-16(10-8-13)20-23-19(12-27-20)21(25)26-14(2)17-5-4-6-18(11-17)22-15(3)24/h4-12,14H,1-3H3,(H,22,24). The molecular weight excluding hydrogens is 360 g/mol. The molecule has 0 spiro atoms. The zero-order valence-electron chi connectivity index (χ0n) is 15.4. The normalized spacial score (nSPS) is 11.7. The first-order chi connectivity index (χ1) is 12.9. The summed E-state index contributed by atoms with van der Waals surface area (Å²) in [6.07, 6.45) is -0.462. The Labute approximate surface area is 162 Å². The summed E-state index contributed by atoms with van der Waals surface area (Å²) < 4.78 is 5.54. The Morgan fingerprint density at radius 1 is 1.15 bits per heavy atom. The molecule has 2 aromatic carbocycles. The summed E-state index contributed by atoms with van der Waals surface area (Å²) in [7, 11) is 0. The average molecular weight is 380 g/mol. The first kappa shape index (κ1) is 18.8. The Balaban J connectivity index is 1.70. The van der Waals surface area contributed by atoms with E-state index in [1.54, 1.807) is 24.4 Å². The van der Waals surface area contributed by atoms with E-state index < -0.39 is 12.1 Å². The summed E-state index contributed by atoms with van der Waals surface area (Å²) in [6, 6.07) is 15.2. The van der Waals surface area contributed by atoms with Gasteiger partial charge in [-0.2, -0.15) is 0 Å². The van der Waals surface area contributed by atoms with Crippen molar-refractivity contribution in [2.45, 2.75) is 26.9 Å². The number of ether oxygens (including phenoxy) is 1.